The van der Waals surface area contributed by atoms with E-state index in [4.69, 9.17) is 4.74 Å². The molecule has 82 valence electrons. The number of hydrogen-bond acceptors (Lipinski definition) is 2. The van der Waals surface area contributed by atoms with Crippen molar-refractivity contribution in [2.45, 2.75) is 32.2 Å². The molecule has 15 heavy (non-hydrogen) atoms. The Morgan fingerprint density at radius 3 is 2.87 bits per heavy atom. The third-order valence-electron chi connectivity index (χ3n) is 3.14. The van der Waals surface area contributed by atoms with Crippen molar-refractivity contribution in [2.75, 3.05) is 13.7 Å². The van der Waals surface area contributed by atoms with Crippen molar-refractivity contribution in [3.05, 3.63) is 29.3 Å². The van der Waals surface area contributed by atoms with E-state index in [1.54, 1.807) is 7.11 Å². The lowest BCUT2D eigenvalue weighted by Crippen LogP contribution is -2.26. The van der Waals surface area contributed by atoms with E-state index in [1.165, 1.54) is 30.4 Å². The maximum atomic E-state index is 5.35. The van der Waals surface area contributed by atoms with E-state index < -0.39 is 0 Å². The summed E-state index contributed by atoms with van der Waals surface area (Å²) in [6.45, 7) is 3.22. The second-order valence-corrected chi connectivity index (χ2v) is 4.23. The first kappa shape index (κ1) is 10.5. The SMILES string of the molecule is COc1cc([C@H]2CCCCN2)ccc1C. The molecular weight excluding hydrogens is 186 g/mol. The fraction of sp³-hybridized carbons (Fsp3) is 0.538. The van der Waals surface area contributed by atoms with Crippen LogP contribution in [0.5, 0.6) is 5.75 Å². The average Bonchev–Trinajstić information content (AvgIpc) is 2.31. The minimum atomic E-state index is 0.522. The Hall–Kier alpha value is -1.02. The van der Waals surface area contributed by atoms with Gasteiger partial charge in [0.2, 0.25) is 0 Å². The Bertz CT molecular complexity index is 329. The van der Waals surface area contributed by atoms with E-state index in [2.05, 4.69) is 30.4 Å². The maximum absolute atomic E-state index is 5.35. The lowest BCUT2D eigenvalue weighted by molar-refractivity contribution is 0.398. The molecular formula is C13H19NO. The third-order valence-corrected chi connectivity index (χ3v) is 3.14. The zero-order chi connectivity index (χ0) is 10.7. The minimum Gasteiger partial charge on any atom is -0.496 e. The first-order chi connectivity index (χ1) is 7.31. The normalized spacial score (nSPS) is 21.3. The van der Waals surface area contributed by atoms with Gasteiger partial charge in [-0.2, -0.15) is 0 Å². The molecule has 1 aliphatic heterocycles. The summed E-state index contributed by atoms with van der Waals surface area (Å²) in [5, 5.41) is 3.55. The molecule has 2 heteroatoms. The first-order valence-corrected chi connectivity index (χ1v) is 5.69. The topological polar surface area (TPSA) is 21.3 Å². The summed E-state index contributed by atoms with van der Waals surface area (Å²) in [4.78, 5) is 0. The molecule has 1 aliphatic rings. The lowest BCUT2D eigenvalue weighted by Gasteiger charge is -2.24. The molecule has 0 amide bonds. The quantitative estimate of drug-likeness (QED) is 0.801. The average molecular weight is 205 g/mol. The van der Waals surface area contributed by atoms with Crippen molar-refractivity contribution in [3.8, 4) is 5.75 Å². The van der Waals surface area contributed by atoms with Crippen LogP contribution in [0.3, 0.4) is 0 Å². The van der Waals surface area contributed by atoms with Crippen LogP contribution in [0.15, 0.2) is 18.2 Å². The van der Waals surface area contributed by atoms with Gasteiger partial charge in [0.1, 0.15) is 5.75 Å². The van der Waals surface area contributed by atoms with Gasteiger partial charge in [-0.15, -0.1) is 0 Å². The van der Waals surface area contributed by atoms with Crippen LogP contribution < -0.4 is 10.1 Å². The van der Waals surface area contributed by atoms with Crippen LogP contribution in [-0.2, 0) is 0 Å². The number of piperidine rings is 1. The molecule has 0 aromatic heterocycles. The Kier molecular flexibility index (Phi) is 3.27. The van der Waals surface area contributed by atoms with Gasteiger partial charge in [0, 0.05) is 6.04 Å². The number of aryl methyl sites for hydroxylation is 1. The Morgan fingerprint density at radius 1 is 1.33 bits per heavy atom. The molecule has 0 spiro atoms. The molecule has 0 aliphatic carbocycles. The minimum absolute atomic E-state index is 0.522. The Labute approximate surface area is 91.6 Å². The highest BCUT2D eigenvalue weighted by molar-refractivity contribution is 5.37. The highest BCUT2D eigenvalue weighted by Gasteiger charge is 2.15. The van der Waals surface area contributed by atoms with E-state index in [9.17, 15) is 0 Å². The van der Waals surface area contributed by atoms with Crippen molar-refractivity contribution in [2.24, 2.45) is 0 Å². The van der Waals surface area contributed by atoms with E-state index >= 15 is 0 Å². The summed E-state index contributed by atoms with van der Waals surface area (Å²) < 4.78 is 5.35. The van der Waals surface area contributed by atoms with Crippen LogP contribution in [0.25, 0.3) is 0 Å². The summed E-state index contributed by atoms with van der Waals surface area (Å²) in [5.74, 6) is 1.000. The highest BCUT2D eigenvalue weighted by Crippen LogP contribution is 2.27. The van der Waals surface area contributed by atoms with Gasteiger partial charge in [-0.3, -0.25) is 0 Å². The van der Waals surface area contributed by atoms with Crippen LogP contribution in [0.2, 0.25) is 0 Å². The van der Waals surface area contributed by atoms with Gasteiger partial charge in [0.05, 0.1) is 7.11 Å². The number of methoxy groups -OCH3 is 1. The highest BCUT2D eigenvalue weighted by atomic mass is 16.5. The van der Waals surface area contributed by atoms with Gasteiger partial charge < -0.3 is 10.1 Å². The van der Waals surface area contributed by atoms with Crippen LogP contribution >= 0.6 is 0 Å². The molecule has 0 bridgehead atoms. The molecule has 1 fully saturated rings. The molecule has 2 rings (SSSR count). The Balaban J connectivity index is 2.20. The number of benzene rings is 1. The smallest absolute Gasteiger partial charge is 0.122 e. The summed E-state index contributed by atoms with van der Waals surface area (Å²) in [7, 11) is 1.74. The zero-order valence-electron chi connectivity index (χ0n) is 9.55. The van der Waals surface area contributed by atoms with E-state index in [1.807, 2.05) is 0 Å². The molecule has 0 radical (unpaired) electrons. The van der Waals surface area contributed by atoms with Gasteiger partial charge in [0.25, 0.3) is 0 Å². The van der Waals surface area contributed by atoms with Gasteiger partial charge in [-0.1, -0.05) is 18.6 Å². The Morgan fingerprint density at radius 2 is 2.20 bits per heavy atom. The largest absolute Gasteiger partial charge is 0.496 e. The molecule has 1 N–H and O–H groups in total. The van der Waals surface area contributed by atoms with Crippen molar-refractivity contribution in [3.63, 3.8) is 0 Å². The predicted octanol–water partition coefficient (Wildman–Crippen LogP) is 2.82. The number of nitrogens with one attached hydrogen (secondary N) is 1. The van der Waals surface area contributed by atoms with E-state index in [0.717, 1.165) is 12.3 Å². The number of hydrogen-bond donors (Lipinski definition) is 1. The molecule has 1 aromatic carbocycles. The first-order valence-electron chi connectivity index (χ1n) is 5.69. The second kappa shape index (κ2) is 4.67. The van der Waals surface area contributed by atoms with Crippen molar-refractivity contribution in [1.82, 2.24) is 5.32 Å². The summed E-state index contributed by atoms with van der Waals surface area (Å²) in [5.41, 5.74) is 2.56. The van der Waals surface area contributed by atoms with Gasteiger partial charge >= 0.3 is 0 Å². The molecule has 0 saturated carbocycles. The molecule has 1 saturated heterocycles. The van der Waals surface area contributed by atoms with Crippen LogP contribution in [0.4, 0.5) is 0 Å². The van der Waals surface area contributed by atoms with E-state index in [0.29, 0.717) is 6.04 Å². The predicted molar refractivity (Wildman–Crippen MR) is 62.3 cm³/mol. The lowest BCUT2D eigenvalue weighted by atomic mass is 9.96. The van der Waals surface area contributed by atoms with Gasteiger partial charge in [-0.05, 0) is 43.5 Å². The standard InChI is InChI=1S/C13H19NO/c1-10-6-7-11(9-13(10)15-2)12-5-3-4-8-14-12/h6-7,9,12,14H,3-5,8H2,1-2H3/t12-/m1/s1. The number of ether oxygens (including phenoxy) is 1. The molecule has 0 unspecified atom stereocenters. The second-order valence-electron chi connectivity index (χ2n) is 4.23. The van der Waals surface area contributed by atoms with Gasteiger partial charge in [-0.25, -0.2) is 0 Å². The van der Waals surface area contributed by atoms with Crippen LogP contribution in [-0.4, -0.2) is 13.7 Å². The van der Waals surface area contributed by atoms with Crippen molar-refractivity contribution < 1.29 is 4.74 Å². The number of rotatable bonds is 2. The summed E-state index contributed by atoms with van der Waals surface area (Å²) in [6, 6.07) is 7.04. The van der Waals surface area contributed by atoms with E-state index in [-0.39, 0.29) is 0 Å². The summed E-state index contributed by atoms with van der Waals surface area (Å²) in [6.07, 6.45) is 3.87. The fourth-order valence-electron chi connectivity index (χ4n) is 2.19. The molecule has 1 aromatic rings. The molecule has 1 atom stereocenters. The summed E-state index contributed by atoms with van der Waals surface area (Å²) >= 11 is 0. The van der Waals surface area contributed by atoms with Crippen LogP contribution in [0.1, 0.15) is 36.4 Å². The van der Waals surface area contributed by atoms with Crippen LogP contribution in [0, 0.1) is 6.92 Å². The monoisotopic (exact) mass is 205 g/mol. The third kappa shape index (κ3) is 2.32. The fourth-order valence-corrected chi connectivity index (χ4v) is 2.19. The zero-order valence-corrected chi connectivity index (χ0v) is 9.55. The van der Waals surface area contributed by atoms with Crippen molar-refractivity contribution in [1.29, 1.82) is 0 Å². The molecule has 2 nitrogen and oxygen atoms in total. The maximum Gasteiger partial charge on any atom is 0.122 e. The van der Waals surface area contributed by atoms with Crippen molar-refractivity contribution >= 4 is 0 Å². The van der Waals surface area contributed by atoms with Gasteiger partial charge in [0.15, 0.2) is 0 Å². The molecule has 1 heterocycles.